The molecule has 1 aromatic carbocycles. The lowest BCUT2D eigenvalue weighted by atomic mass is 9.85. The van der Waals surface area contributed by atoms with Gasteiger partial charge in [0.25, 0.3) is 5.69 Å². The van der Waals surface area contributed by atoms with Gasteiger partial charge in [-0.3, -0.25) is 15.0 Å². The van der Waals surface area contributed by atoms with Crippen molar-refractivity contribution < 1.29 is 14.8 Å². The molecule has 22 heavy (non-hydrogen) atoms. The molecule has 0 bridgehead atoms. The number of nitro benzene ring substituents is 1. The van der Waals surface area contributed by atoms with Crippen LogP contribution in [0.1, 0.15) is 38.3 Å². The number of benzene rings is 1. The van der Waals surface area contributed by atoms with E-state index in [4.69, 9.17) is 10.5 Å². The van der Waals surface area contributed by atoms with E-state index in [1.165, 1.54) is 12.1 Å². The van der Waals surface area contributed by atoms with E-state index < -0.39 is 16.6 Å². The van der Waals surface area contributed by atoms with Gasteiger partial charge >= 0.3 is 0 Å². The fourth-order valence-electron chi connectivity index (χ4n) is 3.39. The Bertz CT molecular complexity index is 611. The van der Waals surface area contributed by atoms with E-state index in [2.05, 4.69) is 4.90 Å². The van der Waals surface area contributed by atoms with E-state index in [1.54, 1.807) is 0 Å². The third-order valence-corrected chi connectivity index (χ3v) is 4.59. The summed E-state index contributed by atoms with van der Waals surface area (Å²) < 4.78 is 5.86. The maximum absolute atomic E-state index is 11.2. The molecule has 3 rings (SSSR count). The first-order chi connectivity index (χ1) is 10.3. The molecule has 1 aromatic rings. The summed E-state index contributed by atoms with van der Waals surface area (Å²) in [6, 6.07) is 2.65. The van der Waals surface area contributed by atoms with Crippen molar-refractivity contribution in [1.82, 2.24) is 4.90 Å². The number of rotatable bonds is 2. The number of likely N-dealkylation sites (tertiary alicyclic amines) is 1. The van der Waals surface area contributed by atoms with Gasteiger partial charge in [-0.15, -0.1) is 0 Å². The van der Waals surface area contributed by atoms with E-state index in [9.17, 15) is 15.2 Å². The van der Waals surface area contributed by atoms with Crippen LogP contribution in [0.3, 0.4) is 0 Å². The largest absolute Gasteiger partial charge is 0.485 e. The van der Waals surface area contributed by atoms with Crippen LogP contribution in [-0.4, -0.2) is 39.7 Å². The van der Waals surface area contributed by atoms with Crippen molar-refractivity contribution in [2.45, 2.75) is 44.4 Å². The molecule has 3 N–H and O–H groups in total. The van der Waals surface area contributed by atoms with Crippen LogP contribution in [0.25, 0.3) is 0 Å². The fourth-order valence-corrected chi connectivity index (χ4v) is 3.39. The number of anilines is 1. The van der Waals surface area contributed by atoms with Crippen LogP contribution in [0, 0.1) is 10.1 Å². The molecule has 2 atom stereocenters. The molecule has 0 saturated carbocycles. The third-order valence-electron chi connectivity index (χ3n) is 4.59. The summed E-state index contributed by atoms with van der Waals surface area (Å²) in [5, 5.41) is 21.9. The van der Waals surface area contributed by atoms with Crippen molar-refractivity contribution >= 4 is 11.4 Å². The predicted octanol–water partition coefficient (Wildman–Crippen LogP) is 1.85. The van der Waals surface area contributed by atoms with Gasteiger partial charge in [0.2, 0.25) is 0 Å². The molecule has 2 aliphatic heterocycles. The molecule has 1 fully saturated rings. The summed E-state index contributed by atoms with van der Waals surface area (Å²) in [4.78, 5) is 12.8. The van der Waals surface area contributed by atoms with Crippen LogP contribution in [0.2, 0.25) is 0 Å². The number of aliphatic hydroxyl groups excluding tert-OH is 1. The van der Waals surface area contributed by atoms with E-state index in [1.807, 2.05) is 13.8 Å². The minimum atomic E-state index is -0.775. The number of fused-ring (bicyclic) bond motifs is 1. The number of nitro groups is 1. The topological polar surface area (TPSA) is 102 Å². The van der Waals surface area contributed by atoms with Gasteiger partial charge in [-0.25, -0.2) is 0 Å². The minimum absolute atomic E-state index is 0.0797. The number of hydrogen-bond acceptors (Lipinski definition) is 6. The van der Waals surface area contributed by atoms with Crippen LogP contribution >= 0.6 is 0 Å². The van der Waals surface area contributed by atoms with Crippen LogP contribution in [0.5, 0.6) is 5.75 Å². The standard InChI is InChI=1S/C15H21N3O4/c1-15(2)14(19)13(17-5-3-4-6-17)9-7-11(18(20)21)10(16)8-12(9)22-15/h7-8,13-14,19H,3-6,16H2,1-2H3/t13-,14+/m1/s1. The van der Waals surface area contributed by atoms with Gasteiger partial charge < -0.3 is 15.6 Å². The Hall–Kier alpha value is -1.86. The molecular weight excluding hydrogens is 286 g/mol. The highest BCUT2D eigenvalue weighted by atomic mass is 16.6. The van der Waals surface area contributed by atoms with Gasteiger partial charge in [0.1, 0.15) is 23.1 Å². The number of nitrogens with two attached hydrogens (primary N) is 1. The first-order valence-electron chi connectivity index (χ1n) is 7.50. The summed E-state index contributed by atoms with van der Waals surface area (Å²) >= 11 is 0. The van der Waals surface area contributed by atoms with Crippen molar-refractivity contribution in [3.05, 3.63) is 27.8 Å². The quantitative estimate of drug-likeness (QED) is 0.491. The Kier molecular flexibility index (Phi) is 3.49. The monoisotopic (exact) mass is 307 g/mol. The second-order valence-corrected chi connectivity index (χ2v) is 6.54. The van der Waals surface area contributed by atoms with Gasteiger partial charge in [0.05, 0.1) is 11.0 Å². The maximum Gasteiger partial charge on any atom is 0.292 e. The summed E-state index contributed by atoms with van der Waals surface area (Å²) in [7, 11) is 0. The Morgan fingerprint density at radius 1 is 1.41 bits per heavy atom. The van der Waals surface area contributed by atoms with E-state index in [0.29, 0.717) is 11.3 Å². The number of nitrogen functional groups attached to an aromatic ring is 1. The molecular formula is C15H21N3O4. The number of nitrogens with zero attached hydrogens (tertiary/aromatic N) is 2. The second-order valence-electron chi connectivity index (χ2n) is 6.54. The third kappa shape index (κ3) is 2.30. The van der Waals surface area contributed by atoms with Crippen LogP contribution in [0.4, 0.5) is 11.4 Å². The molecule has 0 aromatic heterocycles. The molecule has 0 unspecified atom stereocenters. The Morgan fingerprint density at radius 2 is 2.05 bits per heavy atom. The lowest BCUT2D eigenvalue weighted by Gasteiger charge is -2.45. The average Bonchev–Trinajstić information content (AvgIpc) is 2.93. The highest BCUT2D eigenvalue weighted by Gasteiger charge is 2.46. The van der Waals surface area contributed by atoms with Crippen LogP contribution < -0.4 is 10.5 Å². The highest BCUT2D eigenvalue weighted by Crippen LogP contribution is 2.46. The number of ether oxygens (including phenoxy) is 1. The van der Waals surface area contributed by atoms with Crippen molar-refractivity contribution in [2.24, 2.45) is 0 Å². The van der Waals surface area contributed by atoms with Gasteiger partial charge in [-0.05, 0) is 39.8 Å². The summed E-state index contributed by atoms with van der Waals surface area (Å²) in [6.45, 7) is 5.38. The molecule has 2 aliphatic rings. The Balaban J connectivity index is 2.13. The van der Waals surface area contributed by atoms with Crippen LogP contribution in [0.15, 0.2) is 12.1 Å². The van der Waals surface area contributed by atoms with Crippen molar-refractivity contribution in [3.8, 4) is 5.75 Å². The maximum atomic E-state index is 11.2. The average molecular weight is 307 g/mol. The first kappa shape index (κ1) is 15.1. The zero-order valence-electron chi connectivity index (χ0n) is 12.8. The predicted molar refractivity (Wildman–Crippen MR) is 81.8 cm³/mol. The molecule has 0 amide bonds. The SMILES string of the molecule is CC1(C)Oc2cc(N)c([N+](=O)[O-])cc2[C@@H](N2CCCC2)[C@@H]1O. The minimum Gasteiger partial charge on any atom is -0.485 e. The molecule has 0 aliphatic carbocycles. The Morgan fingerprint density at radius 3 is 2.64 bits per heavy atom. The van der Waals surface area contributed by atoms with Crippen molar-refractivity contribution in [2.75, 3.05) is 18.8 Å². The molecule has 0 radical (unpaired) electrons. The first-order valence-corrected chi connectivity index (χ1v) is 7.50. The normalized spacial score (nSPS) is 27.2. The summed E-state index contributed by atoms with van der Waals surface area (Å²) in [6.07, 6.45) is 1.37. The smallest absolute Gasteiger partial charge is 0.292 e. The molecule has 7 heteroatoms. The molecule has 120 valence electrons. The van der Waals surface area contributed by atoms with Gasteiger partial charge in [0, 0.05) is 17.7 Å². The zero-order valence-corrected chi connectivity index (χ0v) is 12.8. The zero-order chi connectivity index (χ0) is 16.1. The van der Waals surface area contributed by atoms with Gasteiger partial charge in [0.15, 0.2) is 0 Å². The molecule has 7 nitrogen and oxygen atoms in total. The molecule has 0 spiro atoms. The Labute approximate surface area is 128 Å². The number of hydrogen-bond donors (Lipinski definition) is 2. The van der Waals surface area contributed by atoms with Gasteiger partial charge in [-0.1, -0.05) is 0 Å². The second kappa shape index (κ2) is 5.10. The summed E-state index contributed by atoms with van der Waals surface area (Å²) in [5.74, 6) is 0.523. The van der Waals surface area contributed by atoms with E-state index in [-0.39, 0.29) is 17.4 Å². The lowest BCUT2D eigenvalue weighted by molar-refractivity contribution is -0.384. The van der Waals surface area contributed by atoms with Crippen molar-refractivity contribution in [1.29, 1.82) is 0 Å². The summed E-state index contributed by atoms with van der Waals surface area (Å²) in [5.41, 5.74) is 5.58. The number of aliphatic hydroxyl groups is 1. The highest BCUT2D eigenvalue weighted by molar-refractivity contribution is 5.65. The van der Waals surface area contributed by atoms with Crippen LogP contribution in [-0.2, 0) is 0 Å². The van der Waals surface area contributed by atoms with E-state index >= 15 is 0 Å². The lowest BCUT2D eigenvalue weighted by Crippen LogP contribution is -2.53. The fraction of sp³-hybridized carbons (Fsp3) is 0.600. The van der Waals surface area contributed by atoms with Crippen molar-refractivity contribution in [3.63, 3.8) is 0 Å². The van der Waals surface area contributed by atoms with E-state index in [0.717, 1.165) is 25.9 Å². The molecule has 2 heterocycles. The van der Waals surface area contributed by atoms with Gasteiger partial charge in [-0.2, -0.15) is 0 Å². The molecule has 1 saturated heterocycles.